The van der Waals surface area contributed by atoms with Crippen molar-refractivity contribution in [3.8, 4) is 17.2 Å². The first-order valence-electron chi connectivity index (χ1n) is 7.75. The van der Waals surface area contributed by atoms with E-state index in [0.29, 0.717) is 18.2 Å². The van der Waals surface area contributed by atoms with Gasteiger partial charge < -0.3 is 14.5 Å². The molecular weight excluding hydrogens is 338 g/mol. The minimum absolute atomic E-state index is 0.0179. The third-order valence-corrected chi connectivity index (χ3v) is 4.28. The number of aromatic nitrogens is 2. The van der Waals surface area contributed by atoms with Crippen LogP contribution >= 0.6 is 11.8 Å². The maximum atomic E-state index is 11.8. The first kappa shape index (κ1) is 17.0. The van der Waals surface area contributed by atoms with Crippen molar-refractivity contribution in [1.29, 1.82) is 0 Å². The van der Waals surface area contributed by atoms with Gasteiger partial charge in [-0.1, -0.05) is 18.2 Å². The number of carbonyl (C=O) groups is 1. The lowest BCUT2D eigenvalue weighted by atomic mass is 10.2. The minimum Gasteiger partial charge on any atom is -0.484 e. The summed E-state index contributed by atoms with van der Waals surface area (Å²) < 4.78 is 10.6. The minimum atomic E-state index is -0.144. The number of hydrogen-bond acceptors (Lipinski definition) is 6. The van der Waals surface area contributed by atoms with Crippen LogP contribution in [0.25, 0.3) is 11.5 Å². The lowest BCUT2D eigenvalue weighted by Crippen LogP contribution is -2.30. The first-order chi connectivity index (χ1) is 12.3. The third kappa shape index (κ3) is 5.36. The number of amides is 1. The summed E-state index contributed by atoms with van der Waals surface area (Å²) >= 11 is 1.70. The molecule has 0 radical (unpaired) electrons. The van der Waals surface area contributed by atoms with Crippen molar-refractivity contribution < 1.29 is 13.9 Å². The molecule has 1 amide bonds. The van der Waals surface area contributed by atoms with Gasteiger partial charge in [0.15, 0.2) is 6.61 Å². The first-order valence-corrected chi connectivity index (χ1v) is 8.74. The SMILES string of the molecule is O=C(COc1ccc(-c2nnco2)cc1)NCCSc1ccccc1. The van der Waals surface area contributed by atoms with Crippen LogP contribution in [0.3, 0.4) is 0 Å². The lowest BCUT2D eigenvalue weighted by Gasteiger charge is -2.08. The number of rotatable bonds is 8. The molecule has 0 aliphatic rings. The Morgan fingerprint density at radius 2 is 1.92 bits per heavy atom. The molecule has 0 bridgehead atoms. The molecule has 6 nitrogen and oxygen atoms in total. The van der Waals surface area contributed by atoms with Crippen LogP contribution in [-0.4, -0.2) is 35.0 Å². The van der Waals surface area contributed by atoms with Gasteiger partial charge in [0.2, 0.25) is 12.3 Å². The average molecular weight is 355 g/mol. The third-order valence-electron chi connectivity index (χ3n) is 3.27. The molecule has 0 aliphatic heterocycles. The Bertz CT molecular complexity index is 777. The van der Waals surface area contributed by atoms with Crippen molar-refractivity contribution in [2.24, 2.45) is 0 Å². The van der Waals surface area contributed by atoms with Crippen LogP contribution in [-0.2, 0) is 4.79 Å². The van der Waals surface area contributed by atoms with Crippen molar-refractivity contribution >= 4 is 17.7 Å². The Balaban J connectivity index is 1.36. The zero-order chi connectivity index (χ0) is 17.3. The summed E-state index contributed by atoms with van der Waals surface area (Å²) in [5.41, 5.74) is 0.798. The average Bonchev–Trinajstić information content (AvgIpc) is 3.20. The Morgan fingerprint density at radius 1 is 1.12 bits per heavy atom. The highest BCUT2D eigenvalue weighted by molar-refractivity contribution is 7.99. The molecule has 0 saturated carbocycles. The largest absolute Gasteiger partial charge is 0.484 e. The fraction of sp³-hybridized carbons (Fsp3) is 0.167. The van der Waals surface area contributed by atoms with E-state index in [0.717, 1.165) is 11.3 Å². The number of thioether (sulfide) groups is 1. The van der Waals surface area contributed by atoms with Crippen LogP contribution in [0.1, 0.15) is 0 Å². The zero-order valence-corrected chi connectivity index (χ0v) is 14.2. The van der Waals surface area contributed by atoms with Crippen molar-refractivity contribution in [3.63, 3.8) is 0 Å². The van der Waals surface area contributed by atoms with Gasteiger partial charge in [-0.05, 0) is 36.4 Å². The molecule has 128 valence electrons. The highest BCUT2D eigenvalue weighted by atomic mass is 32.2. The maximum absolute atomic E-state index is 11.8. The summed E-state index contributed by atoms with van der Waals surface area (Å²) in [5.74, 6) is 1.72. The lowest BCUT2D eigenvalue weighted by molar-refractivity contribution is -0.122. The summed E-state index contributed by atoms with van der Waals surface area (Å²) in [6.07, 6.45) is 1.28. The number of hydrogen-bond donors (Lipinski definition) is 1. The Kier molecular flexibility index (Phi) is 6.06. The van der Waals surface area contributed by atoms with E-state index in [9.17, 15) is 4.79 Å². The standard InChI is InChI=1S/C18H17N3O3S/c22-17(19-10-11-25-16-4-2-1-3-5-16)12-23-15-8-6-14(7-9-15)18-21-20-13-24-18/h1-9,13H,10-12H2,(H,19,22). The monoisotopic (exact) mass is 355 g/mol. The number of ether oxygens (including phenoxy) is 1. The molecular formula is C18H17N3O3S. The Hall–Kier alpha value is -2.80. The summed E-state index contributed by atoms with van der Waals surface area (Å²) in [5, 5.41) is 10.3. The van der Waals surface area contributed by atoms with E-state index in [2.05, 4.69) is 15.5 Å². The molecule has 0 atom stereocenters. The maximum Gasteiger partial charge on any atom is 0.257 e. The van der Waals surface area contributed by atoms with Crippen LogP contribution in [0.5, 0.6) is 5.75 Å². The smallest absolute Gasteiger partial charge is 0.257 e. The molecule has 7 heteroatoms. The van der Waals surface area contributed by atoms with E-state index in [1.165, 1.54) is 11.3 Å². The van der Waals surface area contributed by atoms with E-state index >= 15 is 0 Å². The number of benzene rings is 2. The van der Waals surface area contributed by atoms with Crippen LogP contribution < -0.4 is 10.1 Å². The molecule has 3 aromatic rings. The number of nitrogens with zero attached hydrogens (tertiary/aromatic N) is 2. The zero-order valence-electron chi connectivity index (χ0n) is 13.4. The van der Waals surface area contributed by atoms with Crippen LogP contribution in [0.2, 0.25) is 0 Å². The van der Waals surface area contributed by atoms with Gasteiger partial charge in [-0.3, -0.25) is 4.79 Å². The van der Waals surface area contributed by atoms with E-state index in [4.69, 9.17) is 9.15 Å². The second-order valence-electron chi connectivity index (χ2n) is 5.07. The molecule has 1 heterocycles. The van der Waals surface area contributed by atoms with Gasteiger partial charge in [-0.2, -0.15) is 0 Å². The quantitative estimate of drug-likeness (QED) is 0.494. The molecule has 0 saturated heterocycles. The highest BCUT2D eigenvalue weighted by Gasteiger charge is 2.05. The van der Waals surface area contributed by atoms with Gasteiger partial charge in [0, 0.05) is 22.8 Å². The normalized spacial score (nSPS) is 10.4. The molecule has 0 fully saturated rings. The molecule has 25 heavy (non-hydrogen) atoms. The topological polar surface area (TPSA) is 77.2 Å². The van der Waals surface area contributed by atoms with Crippen LogP contribution in [0.15, 0.2) is 70.3 Å². The van der Waals surface area contributed by atoms with Gasteiger partial charge in [-0.25, -0.2) is 0 Å². The fourth-order valence-corrected chi connectivity index (χ4v) is 2.86. The van der Waals surface area contributed by atoms with Gasteiger partial charge in [0.05, 0.1) is 0 Å². The molecule has 0 aliphatic carbocycles. The second kappa shape index (κ2) is 8.89. The number of nitrogens with one attached hydrogen (secondary N) is 1. The molecule has 2 aromatic carbocycles. The summed E-state index contributed by atoms with van der Waals surface area (Å²) in [6.45, 7) is 0.577. The molecule has 3 rings (SSSR count). The Morgan fingerprint density at radius 3 is 2.64 bits per heavy atom. The second-order valence-corrected chi connectivity index (χ2v) is 6.24. The van der Waals surface area contributed by atoms with Crippen molar-refractivity contribution in [1.82, 2.24) is 15.5 Å². The van der Waals surface area contributed by atoms with Crippen molar-refractivity contribution in [2.45, 2.75) is 4.90 Å². The Labute approximate surface area is 149 Å². The van der Waals surface area contributed by atoms with Crippen LogP contribution in [0.4, 0.5) is 0 Å². The van der Waals surface area contributed by atoms with Crippen molar-refractivity contribution in [3.05, 3.63) is 61.0 Å². The molecule has 1 aromatic heterocycles. The summed E-state index contributed by atoms with van der Waals surface area (Å²) in [6, 6.07) is 17.2. The van der Waals surface area contributed by atoms with Gasteiger partial charge in [0.1, 0.15) is 5.75 Å². The van der Waals surface area contributed by atoms with Gasteiger partial charge >= 0.3 is 0 Å². The molecule has 0 unspecified atom stereocenters. The van der Waals surface area contributed by atoms with E-state index < -0.39 is 0 Å². The van der Waals surface area contributed by atoms with Crippen molar-refractivity contribution in [2.75, 3.05) is 18.9 Å². The van der Waals surface area contributed by atoms with E-state index in [1.54, 1.807) is 36.0 Å². The predicted molar refractivity (Wildman–Crippen MR) is 95.4 cm³/mol. The molecule has 0 spiro atoms. The predicted octanol–water partition coefficient (Wildman–Crippen LogP) is 3.02. The molecule has 1 N–H and O–H groups in total. The fourth-order valence-electron chi connectivity index (χ4n) is 2.07. The van der Waals surface area contributed by atoms with Crippen LogP contribution in [0, 0.1) is 0 Å². The van der Waals surface area contributed by atoms with Gasteiger partial charge in [0.25, 0.3) is 5.91 Å². The summed E-state index contributed by atoms with van der Waals surface area (Å²) in [4.78, 5) is 13.0. The van der Waals surface area contributed by atoms with Gasteiger partial charge in [-0.15, -0.1) is 22.0 Å². The summed E-state index contributed by atoms with van der Waals surface area (Å²) in [7, 11) is 0. The number of carbonyl (C=O) groups excluding carboxylic acids is 1. The van der Waals surface area contributed by atoms with E-state index in [1.807, 2.05) is 30.3 Å². The van der Waals surface area contributed by atoms with E-state index in [-0.39, 0.29) is 12.5 Å². The highest BCUT2D eigenvalue weighted by Crippen LogP contribution is 2.20.